The van der Waals surface area contributed by atoms with Crippen LogP contribution in [0.15, 0.2) is 24.3 Å². The van der Waals surface area contributed by atoms with Gasteiger partial charge in [-0.15, -0.1) is 11.8 Å². The van der Waals surface area contributed by atoms with Crippen molar-refractivity contribution < 1.29 is 9.90 Å². The molecular formula is C12H15NO2S. The summed E-state index contributed by atoms with van der Waals surface area (Å²) in [6, 6.07) is 7.82. The molecule has 1 fully saturated rings. The summed E-state index contributed by atoms with van der Waals surface area (Å²) in [4.78, 5) is 10.9. The zero-order valence-corrected chi connectivity index (χ0v) is 9.96. The number of aryl methyl sites for hydroxylation is 1. The number of nitrogens with one attached hydrogen (secondary N) is 1. The van der Waals surface area contributed by atoms with Crippen LogP contribution in [0.5, 0.6) is 0 Å². The summed E-state index contributed by atoms with van der Waals surface area (Å²) in [5.41, 5.74) is 2.38. The molecule has 4 heteroatoms. The van der Waals surface area contributed by atoms with Crippen molar-refractivity contribution in [3.8, 4) is 0 Å². The van der Waals surface area contributed by atoms with Gasteiger partial charge in [0.25, 0.3) is 0 Å². The summed E-state index contributed by atoms with van der Waals surface area (Å²) in [5.74, 6) is 0.139. The molecule has 1 aromatic carbocycles. The molecule has 0 aliphatic carbocycles. The first kappa shape index (κ1) is 11.5. The van der Waals surface area contributed by atoms with Crippen LogP contribution < -0.4 is 5.32 Å². The Bertz CT molecular complexity index is 377. The third kappa shape index (κ3) is 2.57. The van der Waals surface area contributed by atoms with Gasteiger partial charge in [-0.2, -0.15) is 0 Å². The van der Waals surface area contributed by atoms with Crippen molar-refractivity contribution in [2.75, 3.05) is 5.75 Å². The third-order valence-corrected chi connectivity index (χ3v) is 3.93. The molecule has 2 N–H and O–H groups in total. The Morgan fingerprint density at radius 3 is 2.75 bits per heavy atom. The number of carbonyl (C=O) groups is 1. The van der Waals surface area contributed by atoms with E-state index in [-0.39, 0.29) is 5.37 Å². The van der Waals surface area contributed by atoms with E-state index in [1.165, 1.54) is 5.56 Å². The average Bonchev–Trinajstić information content (AvgIpc) is 2.30. The van der Waals surface area contributed by atoms with E-state index in [9.17, 15) is 4.79 Å². The molecule has 0 spiro atoms. The van der Waals surface area contributed by atoms with Crippen LogP contribution in [-0.4, -0.2) is 22.9 Å². The van der Waals surface area contributed by atoms with Crippen LogP contribution in [0, 0.1) is 6.92 Å². The fourth-order valence-electron chi connectivity index (χ4n) is 1.75. The van der Waals surface area contributed by atoms with Gasteiger partial charge >= 0.3 is 5.97 Å². The molecular weight excluding hydrogens is 222 g/mol. The zero-order valence-electron chi connectivity index (χ0n) is 9.14. The van der Waals surface area contributed by atoms with Gasteiger partial charge < -0.3 is 5.11 Å². The number of rotatable bonds is 2. The van der Waals surface area contributed by atoms with E-state index in [0.29, 0.717) is 6.42 Å². The highest BCUT2D eigenvalue weighted by molar-refractivity contribution is 7.99. The van der Waals surface area contributed by atoms with Gasteiger partial charge in [-0.25, -0.2) is 0 Å². The molecule has 1 aliphatic heterocycles. The predicted molar refractivity (Wildman–Crippen MR) is 65.6 cm³/mol. The first-order valence-corrected chi connectivity index (χ1v) is 6.39. The first-order valence-electron chi connectivity index (χ1n) is 5.34. The molecule has 0 aromatic heterocycles. The minimum absolute atomic E-state index is 0.107. The van der Waals surface area contributed by atoms with Crippen LogP contribution in [-0.2, 0) is 4.79 Å². The maximum Gasteiger partial charge on any atom is 0.320 e. The van der Waals surface area contributed by atoms with E-state index in [1.807, 2.05) is 6.92 Å². The van der Waals surface area contributed by atoms with E-state index in [0.717, 1.165) is 11.3 Å². The van der Waals surface area contributed by atoms with Crippen LogP contribution in [0.1, 0.15) is 22.9 Å². The summed E-state index contributed by atoms with van der Waals surface area (Å²) in [6.07, 6.45) is 0.697. The number of carboxylic acid groups (broad SMARTS) is 1. The second-order valence-electron chi connectivity index (χ2n) is 4.01. The Labute approximate surface area is 99.2 Å². The molecule has 1 aliphatic rings. The highest BCUT2D eigenvalue weighted by atomic mass is 32.2. The number of benzene rings is 1. The molecule has 1 heterocycles. The molecule has 86 valence electrons. The molecule has 2 atom stereocenters. The van der Waals surface area contributed by atoms with Crippen LogP contribution in [0.2, 0.25) is 0 Å². The van der Waals surface area contributed by atoms with Crippen molar-refractivity contribution in [1.29, 1.82) is 0 Å². The Kier molecular flexibility index (Phi) is 3.51. The molecule has 0 amide bonds. The van der Waals surface area contributed by atoms with E-state index < -0.39 is 12.0 Å². The van der Waals surface area contributed by atoms with Gasteiger partial charge in [0.2, 0.25) is 0 Å². The fourth-order valence-corrected chi connectivity index (χ4v) is 2.96. The normalized spacial score (nSPS) is 25.3. The van der Waals surface area contributed by atoms with Crippen molar-refractivity contribution in [3.05, 3.63) is 35.4 Å². The standard InChI is InChI=1S/C12H15NO2S/c1-8-2-4-9(5-3-8)11-13-10(12(14)15)6-7-16-11/h2-5,10-11,13H,6-7H2,1H3,(H,14,15). The predicted octanol–water partition coefficient (Wildman–Crippen LogP) is 2.17. The fraction of sp³-hybridized carbons (Fsp3) is 0.417. The number of hydrogen-bond donors (Lipinski definition) is 2. The van der Waals surface area contributed by atoms with Crippen molar-refractivity contribution in [1.82, 2.24) is 5.32 Å². The van der Waals surface area contributed by atoms with Gasteiger partial charge in [-0.3, -0.25) is 10.1 Å². The Balaban J connectivity index is 2.09. The second kappa shape index (κ2) is 4.89. The lowest BCUT2D eigenvalue weighted by molar-refractivity contribution is -0.139. The van der Waals surface area contributed by atoms with Gasteiger partial charge in [-0.05, 0) is 24.7 Å². The van der Waals surface area contributed by atoms with Crippen molar-refractivity contribution in [2.24, 2.45) is 0 Å². The summed E-state index contributed by atoms with van der Waals surface area (Å²) in [6.45, 7) is 2.05. The van der Waals surface area contributed by atoms with E-state index in [2.05, 4.69) is 29.6 Å². The maximum absolute atomic E-state index is 10.9. The zero-order chi connectivity index (χ0) is 11.5. The largest absolute Gasteiger partial charge is 0.480 e. The lowest BCUT2D eigenvalue weighted by Gasteiger charge is -2.28. The summed E-state index contributed by atoms with van der Waals surface area (Å²) >= 11 is 1.77. The monoisotopic (exact) mass is 237 g/mol. The topological polar surface area (TPSA) is 49.3 Å². The second-order valence-corrected chi connectivity index (χ2v) is 5.22. The number of thioether (sulfide) groups is 1. The summed E-state index contributed by atoms with van der Waals surface area (Å²) in [5, 5.41) is 12.2. The molecule has 0 radical (unpaired) electrons. The minimum Gasteiger partial charge on any atom is -0.480 e. The van der Waals surface area contributed by atoms with Gasteiger partial charge in [0, 0.05) is 0 Å². The van der Waals surface area contributed by atoms with Crippen molar-refractivity contribution >= 4 is 17.7 Å². The van der Waals surface area contributed by atoms with Crippen LogP contribution in [0.4, 0.5) is 0 Å². The van der Waals surface area contributed by atoms with E-state index in [1.54, 1.807) is 11.8 Å². The SMILES string of the molecule is Cc1ccc(C2NC(C(=O)O)CCS2)cc1. The van der Waals surface area contributed by atoms with E-state index in [4.69, 9.17) is 5.11 Å². The van der Waals surface area contributed by atoms with Crippen molar-refractivity contribution in [3.63, 3.8) is 0 Å². The number of aliphatic carboxylic acids is 1. The van der Waals surface area contributed by atoms with Crippen molar-refractivity contribution in [2.45, 2.75) is 24.8 Å². The molecule has 2 unspecified atom stereocenters. The minimum atomic E-state index is -0.752. The van der Waals surface area contributed by atoms with E-state index >= 15 is 0 Å². The highest BCUT2D eigenvalue weighted by Gasteiger charge is 2.26. The number of hydrogen-bond acceptors (Lipinski definition) is 3. The quantitative estimate of drug-likeness (QED) is 0.827. The highest BCUT2D eigenvalue weighted by Crippen LogP contribution is 2.31. The third-order valence-electron chi connectivity index (χ3n) is 2.72. The smallest absolute Gasteiger partial charge is 0.320 e. The van der Waals surface area contributed by atoms with Crippen LogP contribution in [0.3, 0.4) is 0 Å². The molecule has 2 rings (SSSR count). The molecule has 1 saturated heterocycles. The summed E-state index contributed by atoms with van der Waals surface area (Å²) in [7, 11) is 0. The Morgan fingerprint density at radius 1 is 1.44 bits per heavy atom. The van der Waals surface area contributed by atoms with Gasteiger partial charge in [0.05, 0.1) is 5.37 Å². The average molecular weight is 237 g/mol. The van der Waals surface area contributed by atoms with Crippen LogP contribution in [0.25, 0.3) is 0 Å². The van der Waals surface area contributed by atoms with Gasteiger partial charge in [0.1, 0.15) is 6.04 Å². The molecule has 1 aromatic rings. The van der Waals surface area contributed by atoms with Gasteiger partial charge in [-0.1, -0.05) is 29.8 Å². The van der Waals surface area contributed by atoms with Gasteiger partial charge in [0.15, 0.2) is 0 Å². The Morgan fingerprint density at radius 2 is 2.12 bits per heavy atom. The van der Waals surface area contributed by atoms with Crippen LogP contribution >= 0.6 is 11.8 Å². The molecule has 16 heavy (non-hydrogen) atoms. The first-order chi connectivity index (χ1) is 7.66. The molecule has 3 nitrogen and oxygen atoms in total. The molecule has 0 saturated carbocycles. The maximum atomic E-state index is 10.9. The molecule has 0 bridgehead atoms. The summed E-state index contributed by atoms with van der Waals surface area (Å²) < 4.78 is 0. The lowest BCUT2D eigenvalue weighted by atomic mass is 10.1. The Hall–Kier alpha value is -1.00. The lowest BCUT2D eigenvalue weighted by Crippen LogP contribution is -2.41. The number of carboxylic acids is 1.